The fourth-order valence-electron chi connectivity index (χ4n) is 2.13. The number of nitriles is 1. The smallest absolute Gasteiger partial charge is 0.159 e. The van der Waals surface area contributed by atoms with E-state index in [-0.39, 0.29) is 0 Å². The van der Waals surface area contributed by atoms with Gasteiger partial charge >= 0.3 is 0 Å². The summed E-state index contributed by atoms with van der Waals surface area (Å²) in [4.78, 5) is 0. The number of hydrogen-bond donors (Lipinski definition) is 0. The zero-order valence-electron chi connectivity index (χ0n) is 9.38. The van der Waals surface area contributed by atoms with Gasteiger partial charge in [0.15, 0.2) is 11.6 Å². The minimum absolute atomic E-state index is 0.448. The highest BCUT2D eigenvalue weighted by Crippen LogP contribution is 2.33. The first-order valence-corrected chi connectivity index (χ1v) is 5.58. The van der Waals surface area contributed by atoms with Gasteiger partial charge in [-0.1, -0.05) is 6.07 Å². The van der Waals surface area contributed by atoms with Gasteiger partial charge in [0, 0.05) is 13.2 Å². The third kappa shape index (κ3) is 2.62. The van der Waals surface area contributed by atoms with Crippen LogP contribution in [0.5, 0.6) is 0 Å². The molecule has 1 aliphatic rings. The molecule has 1 heterocycles. The van der Waals surface area contributed by atoms with Gasteiger partial charge in [-0.3, -0.25) is 0 Å². The van der Waals surface area contributed by atoms with Gasteiger partial charge in [0.1, 0.15) is 0 Å². The van der Waals surface area contributed by atoms with Gasteiger partial charge in [-0.2, -0.15) is 5.26 Å². The van der Waals surface area contributed by atoms with Crippen molar-refractivity contribution in [2.45, 2.75) is 19.3 Å². The molecule has 0 aliphatic carbocycles. The van der Waals surface area contributed by atoms with Crippen LogP contribution in [0.1, 0.15) is 18.4 Å². The molecule has 0 N–H and O–H groups in total. The average Bonchev–Trinajstić information content (AvgIpc) is 2.35. The summed E-state index contributed by atoms with van der Waals surface area (Å²) >= 11 is 0. The van der Waals surface area contributed by atoms with Gasteiger partial charge < -0.3 is 4.74 Å². The first-order chi connectivity index (χ1) is 8.15. The predicted octanol–water partition coefficient (Wildman–Crippen LogP) is 2.83. The van der Waals surface area contributed by atoms with Crippen LogP contribution in [-0.4, -0.2) is 13.2 Å². The van der Waals surface area contributed by atoms with E-state index in [0.29, 0.717) is 38.0 Å². The van der Waals surface area contributed by atoms with Gasteiger partial charge in [-0.25, -0.2) is 8.78 Å². The summed E-state index contributed by atoms with van der Waals surface area (Å²) in [6.07, 6.45) is 1.73. The van der Waals surface area contributed by atoms with Crippen LogP contribution in [0, 0.1) is 28.4 Å². The van der Waals surface area contributed by atoms with Crippen molar-refractivity contribution in [2.75, 3.05) is 13.2 Å². The summed E-state index contributed by atoms with van der Waals surface area (Å²) in [6.45, 7) is 1.11. The summed E-state index contributed by atoms with van der Waals surface area (Å²) in [6, 6.07) is 6.12. The zero-order valence-corrected chi connectivity index (χ0v) is 9.38. The first kappa shape index (κ1) is 12.0. The topological polar surface area (TPSA) is 33.0 Å². The molecule has 4 heteroatoms. The minimum atomic E-state index is -0.859. The maximum Gasteiger partial charge on any atom is 0.159 e. The largest absolute Gasteiger partial charge is 0.381 e. The van der Waals surface area contributed by atoms with Gasteiger partial charge in [-0.05, 0) is 37.0 Å². The number of rotatable bonds is 2. The second-order valence-corrected chi connectivity index (χ2v) is 4.43. The van der Waals surface area contributed by atoms with Crippen LogP contribution in [0.15, 0.2) is 18.2 Å². The summed E-state index contributed by atoms with van der Waals surface area (Å²) in [5, 5.41) is 9.25. The van der Waals surface area contributed by atoms with E-state index < -0.39 is 17.0 Å². The normalized spacial score (nSPS) is 18.6. The van der Waals surface area contributed by atoms with E-state index in [1.165, 1.54) is 12.1 Å². The maximum atomic E-state index is 13.1. The molecule has 0 saturated carbocycles. The first-order valence-electron chi connectivity index (χ1n) is 5.58. The van der Waals surface area contributed by atoms with Crippen LogP contribution >= 0.6 is 0 Å². The zero-order chi connectivity index (χ0) is 12.3. The van der Waals surface area contributed by atoms with E-state index in [1.54, 1.807) is 0 Å². The standard InChI is InChI=1S/C13H13F2NO/c14-11-2-1-10(7-12(11)15)8-13(9-16)3-5-17-6-4-13/h1-2,7H,3-6,8H2. The van der Waals surface area contributed by atoms with E-state index in [0.717, 1.165) is 6.07 Å². The van der Waals surface area contributed by atoms with E-state index >= 15 is 0 Å². The molecule has 0 radical (unpaired) electrons. The minimum Gasteiger partial charge on any atom is -0.381 e. The Morgan fingerprint density at radius 3 is 2.53 bits per heavy atom. The van der Waals surface area contributed by atoms with Crippen LogP contribution in [0.2, 0.25) is 0 Å². The Balaban J connectivity index is 2.18. The molecule has 0 unspecified atom stereocenters. The monoisotopic (exact) mass is 237 g/mol. The Kier molecular flexibility index (Phi) is 3.39. The quantitative estimate of drug-likeness (QED) is 0.792. The molecule has 0 amide bonds. The molecule has 1 saturated heterocycles. The molecule has 1 aromatic rings. The Hall–Kier alpha value is -1.47. The van der Waals surface area contributed by atoms with Gasteiger partial charge in [0.2, 0.25) is 0 Å². The van der Waals surface area contributed by atoms with Gasteiger partial charge in [-0.15, -0.1) is 0 Å². The molecule has 0 atom stereocenters. The SMILES string of the molecule is N#CC1(Cc2ccc(F)c(F)c2)CCOCC1. The lowest BCUT2D eigenvalue weighted by Gasteiger charge is -2.30. The third-order valence-corrected chi connectivity index (χ3v) is 3.21. The Morgan fingerprint density at radius 1 is 1.24 bits per heavy atom. The number of hydrogen-bond acceptors (Lipinski definition) is 2. The van der Waals surface area contributed by atoms with Crippen molar-refractivity contribution in [3.05, 3.63) is 35.4 Å². The molecule has 1 aliphatic heterocycles. The van der Waals surface area contributed by atoms with Crippen molar-refractivity contribution in [1.29, 1.82) is 5.26 Å². The molecule has 90 valence electrons. The molecule has 0 spiro atoms. The van der Waals surface area contributed by atoms with E-state index in [9.17, 15) is 14.0 Å². The number of ether oxygens (including phenoxy) is 1. The Morgan fingerprint density at radius 2 is 1.94 bits per heavy atom. The molecule has 0 bridgehead atoms. The van der Waals surface area contributed by atoms with E-state index in [1.807, 2.05) is 0 Å². The Labute approximate surface area is 98.8 Å². The fourth-order valence-corrected chi connectivity index (χ4v) is 2.13. The maximum absolute atomic E-state index is 13.1. The fraction of sp³-hybridized carbons (Fsp3) is 0.462. The van der Waals surface area contributed by atoms with Crippen LogP contribution in [0.25, 0.3) is 0 Å². The lowest BCUT2D eigenvalue weighted by atomic mass is 9.76. The second-order valence-electron chi connectivity index (χ2n) is 4.43. The molecule has 1 fully saturated rings. The van der Waals surface area contributed by atoms with Crippen LogP contribution in [0.4, 0.5) is 8.78 Å². The van der Waals surface area contributed by atoms with Crippen molar-refractivity contribution in [3.8, 4) is 6.07 Å². The lowest BCUT2D eigenvalue weighted by molar-refractivity contribution is 0.0406. The Bertz CT molecular complexity index is 447. The predicted molar refractivity (Wildman–Crippen MR) is 58.2 cm³/mol. The highest BCUT2D eigenvalue weighted by Gasteiger charge is 2.32. The van der Waals surface area contributed by atoms with Crippen LogP contribution in [0.3, 0.4) is 0 Å². The molecule has 2 rings (SSSR count). The van der Waals surface area contributed by atoms with Gasteiger partial charge in [0.05, 0.1) is 11.5 Å². The molecule has 17 heavy (non-hydrogen) atoms. The number of halogens is 2. The molecule has 0 aromatic heterocycles. The average molecular weight is 237 g/mol. The summed E-state index contributed by atoms with van der Waals surface area (Å²) < 4.78 is 31.1. The van der Waals surface area contributed by atoms with Crippen LogP contribution < -0.4 is 0 Å². The molecular formula is C13H13F2NO. The summed E-state index contributed by atoms with van der Waals surface area (Å²) in [5.41, 5.74) is 0.162. The number of benzene rings is 1. The highest BCUT2D eigenvalue weighted by molar-refractivity contribution is 5.21. The van der Waals surface area contributed by atoms with E-state index in [2.05, 4.69) is 6.07 Å². The van der Waals surface area contributed by atoms with Crippen molar-refractivity contribution >= 4 is 0 Å². The molecule has 1 aromatic carbocycles. The van der Waals surface area contributed by atoms with Crippen molar-refractivity contribution < 1.29 is 13.5 Å². The number of nitrogens with zero attached hydrogens (tertiary/aromatic N) is 1. The highest BCUT2D eigenvalue weighted by atomic mass is 19.2. The third-order valence-electron chi connectivity index (χ3n) is 3.21. The van der Waals surface area contributed by atoms with Gasteiger partial charge in [0.25, 0.3) is 0 Å². The van der Waals surface area contributed by atoms with Crippen molar-refractivity contribution in [2.24, 2.45) is 5.41 Å². The summed E-state index contributed by atoms with van der Waals surface area (Å²) in [5.74, 6) is -1.71. The van der Waals surface area contributed by atoms with Crippen molar-refractivity contribution in [1.82, 2.24) is 0 Å². The lowest BCUT2D eigenvalue weighted by Crippen LogP contribution is -2.30. The van der Waals surface area contributed by atoms with Crippen molar-refractivity contribution in [3.63, 3.8) is 0 Å². The summed E-state index contributed by atoms with van der Waals surface area (Å²) in [7, 11) is 0. The second kappa shape index (κ2) is 4.80. The molecular weight excluding hydrogens is 224 g/mol. The van der Waals surface area contributed by atoms with Crippen LogP contribution in [-0.2, 0) is 11.2 Å². The van der Waals surface area contributed by atoms with E-state index in [4.69, 9.17) is 4.74 Å². The molecule has 2 nitrogen and oxygen atoms in total.